The first-order valence-corrected chi connectivity index (χ1v) is 6.78. The molecule has 0 saturated heterocycles. The lowest BCUT2D eigenvalue weighted by Crippen LogP contribution is -2.21. The third-order valence-electron chi connectivity index (χ3n) is 3.19. The van der Waals surface area contributed by atoms with Crippen LogP contribution in [-0.4, -0.2) is 5.78 Å². The third-order valence-corrected chi connectivity index (χ3v) is 3.68. The van der Waals surface area contributed by atoms with Crippen LogP contribution in [0.2, 0.25) is 0 Å². The second kappa shape index (κ2) is 4.98. The number of halogens is 3. The summed E-state index contributed by atoms with van der Waals surface area (Å²) in [6.07, 6.45) is -0.708. The Morgan fingerprint density at radius 2 is 1.95 bits per heavy atom. The van der Waals surface area contributed by atoms with E-state index in [-0.39, 0.29) is 23.5 Å². The van der Waals surface area contributed by atoms with Gasteiger partial charge in [0.1, 0.15) is 23.5 Å². The van der Waals surface area contributed by atoms with Crippen LogP contribution < -0.4 is 4.74 Å². The minimum atomic E-state index is -0.741. The molecular weight excluding hydrogens is 330 g/mol. The molecule has 0 fully saturated rings. The zero-order valence-corrected chi connectivity index (χ0v) is 11.8. The van der Waals surface area contributed by atoms with Crippen LogP contribution in [0.25, 0.3) is 0 Å². The molecule has 0 spiro atoms. The number of ketones is 1. The molecule has 0 aromatic heterocycles. The molecule has 1 unspecified atom stereocenters. The maximum atomic E-state index is 13.9. The molecule has 0 bridgehead atoms. The smallest absolute Gasteiger partial charge is 0.170 e. The number of hydrogen-bond acceptors (Lipinski definition) is 2. The molecule has 3 rings (SSSR count). The molecule has 2 aromatic carbocycles. The minimum absolute atomic E-state index is 0.0337. The van der Waals surface area contributed by atoms with Gasteiger partial charge in [0.15, 0.2) is 5.78 Å². The van der Waals surface area contributed by atoms with Crippen molar-refractivity contribution in [2.24, 2.45) is 0 Å². The van der Waals surface area contributed by atoms with E-state index >= 15 is 0 Å². The van der Waals surface area contributed by atoms with Crippen LogP contribution in [0.4, 0.5) is 8.78 Å². The first-order chi connectivity index (χ1) is 9.54. The lowest BCUT2D eigenvalue weighted by atomic mass is 9.96. The van der Waals surface area contributed by atoms with Crippen LogP contribution in [0, 0.1) is 11.6 Å². The van der Waals surface area contributed by atoms with Crippen molar-refractivity contribution in [1.82, 2.24) is 0 Å². The van der Waals surface area contributed by atoms with E-state index in [0.717, 1.165) is 6.07 Å². The van der Waals surface area contributed by atoms with Gasteiger partial charge in [-0.25, -0.2) is 8.78 Å². The van der Waals surface area contributed by atoms with Crippen molar-refractivity contribution < 1.29 is 18.3 Å². The van der Waals surface area contributed by atoms with E-state index in [9.17, 15) is 13.6 Å². The van der Waals surface area contributed by atoms with Crippen molar-refractivity contribution >= 4 is 21.7 Å². The third kappa shape index (κ3) is 2.33. The SMILES string of the molecule is O=C1CC(c2cc(Br)ccc2F)Oc2cc(F)ccc21. The number of ether oxygens (including phenoxy) is 1. The highest BCUT2D eigenvalue weighted by Crippen LogP contribution is 2.36. The summed E-state index contributed by atoms with van der Waals surface area (Å²) in [5, 5.41) is 0. The Kier molecular flexibility index (Phi) is 3.30. The molecule has 0 radical (unpaired) electrons. The molecule has 1 atom stereocenters. The van der Waals surface area contributed by atoms with Crippen LogP contribution in [-0.2, 0) is 0 Å². The number of carbonyl (C=O) groups is 1. The van der Waals surface area contributed by atoms with E-state index in [1.54, 1.807) is 12.1 Å². The summed E-state index contributed by atoms with van der Waals surface area (Å²) in [5.41, 5.74) is 0.612. The standard InChI is InChI=1S/C15H9BrF2O2/c16-8-1-4-12(18)11(5-8)15-7-13(19)10-3-2-9(17)6-14(10)20-15/h1-6,15H,7H2. The first kappa shape index (κ1) is 13.2. The summed E-state index contributed by atoms with van der Waals surface area (Å²) in [4.78, 5) is 12.0. The highest BCUT2D eigenvalue weighted by molar-refractivity contribution is 9.10. The van der Waals surface area contributed by atoms with Crippen molar-refractivity contribution in [3.8, 4) is 5.75 Å². The van der Waals surface area contributed by atoms with E-state index in [1.807, 2.05) is 0 Å². The van der Waals surface area contributed by atoms with E-state index < -0.39 is 17.7 Å². The van der Waals surface area contributed by atoms with Gasteiger partial charge in [-0.3, -0.25) is 4.79 Å². The van der Waals surface area contributed by atoms with Crippen LogP contribution in [0.1, 0.15) is 28.4 Å². The van der Waals surface area contributed by atoms with Gasteiger partial charge < -0.3 is 4.74 Å². The molecule has 0 saturated carbocycles. The molecule has 0 amide bonds. The second-order valence-electron chi connectivity index (χ2n) is 4.54. The normalized spacial score (nSPS) is 17.6. The molecule has 1 heterocycles. The maximum absolute atomic E-state index is 13.9. The predicted octanol–water partition coefficient (Wildman–Crippen LogP) is 4.43. The summed E-state index contributed by atoms with van der Waals surface area (Å²) in [5.74, 6) is -0.973. The van der Waals surface area contributed by atoms with Crippen molar-refractivity contribution in [2.45, 2.75) is 12.5 Å². The minimum Gasteiger partial charge on any atom is -0.484 e. The summed E-state index contributed by atoms with van der Waals surface area (Å²) < 4.78 is 33.3. The van der Waals surface area contributed by atoms with Crippen LogP contribution >= 0.6 is 15.9 Å². The Bertz CT molecular complexity index is 700. The average Bonchev–Trinajstić information content (AvgIpc) is 2.41. The van der Waals surface area contributed by atoms with Gasteiger partial charge in [-0.05, 0) is 30.3 Å². The number of carbonyl (C=O) groups excluding carboxylic acids is 1. The van der Waals surface area contributed by atoms with Gasteiger partial charge in [-0.15, -0.1) is 0 Å². The Morgan fingerprint density at radius 1 is 1.15 bits per heavy atom. The second-order valence-corrected chi connectivity index (χ2v) is 5.46. The Labute approximate surface area is 122 Å². The number of benzene rings is 2. The lowest BCUT2D eigenvalue weighted by Gasteiger charge is -2.25. The Hall–Kier alpha value is -1.75. The highest BCUT2D eigenvalue weighted by atomic mass is 79.9. The van der Waals surface area contributed by atoms with Crippen molar-refractivity contribution in [3.63, 3.8) is 0 Å². The summed E-state index contributed by atoms with van der Waals surface area (Å²) in [7, 11) is 0. The van der Waals surface area contributed by atoms with Crippen LogP contribution in [0.15, 0.2) is 40.9 Å². The Balaban J connectivity index is 2.02. The van der Waals surface area contributed by atoms with E-state index in [1.165, 1.54) is 18.2 Å². The number of fused-ring (bicyclic) bond motifs is 1. The van der Waals surface area contributed by atoms with Crippen molar-refractivity contribution in [2.75, 3.05) is 0 Å². The van der Waals surface area contributed by atoms with Gasteiger partial charge in [-0.2, -0.15) is 0 Å². The van der Waals surface area contributed by atoms with Gasteiger partial charge in [0.2, 0.25) is 0 Å². The highest BCUT2D eigenvalue weighted by Gasteiger charge is 2.29. The van der Waals surface area contributed by atoms with Crippen molar-refractivity contribution in [3.05, 3.63) is 63.6 Å². The van der Waals surface area contributed by atoms with Gasteiger partial charge >= 0.3 is 0 Å². The van der Waals surface area contributed by atoms with Gasteiger partial charge in [0.25, 0.3) is 0 Å². The topological polar surface area (TPSA) is 26.3 Å². The van der Waals surface area contributed by atoms with Crippen LogP contribution in [0.5, 0.6) is 5.75 Å². The number of hydrogen-bond donors (Lipinski definition) is 0. The van der Waals surface area contributed by atoms with Gasteiger partial charge in [0, 0.05) is 16.1 Å². The van der Waals surface area contributed by atoms with E-state index in [0.29, 0.717) is 10.0 Å². The molecule has 20 heavy (non-hydrogen) atoms. The summed E-state index contributed by atoms with van der Waals surface area (Å²) >= 11 is 3.25. The molecule has 1 aliphatic heterocycles. The summed E-state index contributed by atoms with van der Waals surface area (Å²) in [6, 6.07) is 8.18. The molecule has 0 aliphatic carbocycles. The number of rotatable bonds is 1. The molecule has 2 aromatic rings. The lowest BCUT2D eigenvalue weighted by molar-refractivity contribution is 0.0845. The fourth-order valence-corrected chi connectivity index (χ4v) is 2.61. The average molecular weight is 339 g/mol. The van der Waals surface area contributed by atoms with Crippen molar-refractivity contribution in [1.29, 1.82) is 0 Å². The number of Topliss-reactive ketones (excluding diaryl/α,β-unsaturated/α-hetero) is 1. The fraction of sp³-hybridized carbons (Fsp3) is 0.133. The largest absolute Gasteiger partial charge is 0.484 e. The molecule has 2 nitrogen and oxygen atoms in total. The van der Waals surface area contributed by atoms with Gasteiger partial charge in [0.05, 0.1) is 12.0 Å². The Morgan fingerprint density at radius 3 is 2.75 bits per heavy atom. The zero-order chi connectivity index (χ0) is 14.3. The maximum Gasteiger partial charge on any atom is 0.170 e. The fourth-order valence-electron chi connectivity index (χ4n) is 2.23. The predicted molar refractivity (Wildman–Crippen MR) is 72.8 cm³/mol. The monoisotopic (exact) mass is 338 g/mol. The molecule has 5 heteroatoms. The van der Waals surface area contributed by atoms with E-state index in [2.05, 4.69) is 15.9 Å². The molecule has 102 valence electrons. The summed E-state index contributed by atoms with van der Waals surface area (Å²) in [6.45, 7) is 0. The first-order valence-electron chi connectivity index (χ1n) is 5.99. The quantitative estimate of drug-likeness (QED) is 0.768. The van der Waals surface area contributed by atoms with Crippen LogP contribution in [0.3, 0.4) is 0 Å². The van der Waals surface area contributed by atoms with E-state index in [4.69, 9.17) is 4.74 Å². The van der Waals surface area contributed by atoms with Gasteiger partial charge in [-0.1, -0.05) is 15.9 Å². The molecular formula is C15H9BrF2O2. The zero-order valence-electron chi connectivity index (χ0n) is 10.2. The molecule has 1 aliphatic rings. The molecule has 0 N–H and O–H groups in total.